The van der Waals surface area contributed by atoms with Crippen molar-refractivity contribution < 1.29 is 27.4 Å². The molecule has 1 amide bonds. The molecule has 0 spiro atoms. The molecule has 0 aromatic rings. The summed E-state index contributed by atoms with van der Waals surface area (Å²) in [4.78, 5) is 37.7. The normalized spacial score (nSPS) is 40.8. The Morgan fingerprint density at radius 1 is 1.09 bits per heavy atom. The van der Waals surface area contributed by atoms with Crippen molar-refractivity contribution in [1.82, 2.24) is 5.32 Å². The van der Waals surface area contributed by atoms with Crippen LogP contribution in [0.3, 0.4) is 0 Å². The number of carbonyl (C=O) groups excluding carboxylic acids is 3. The highest BCUT2D eigenvalue weighted by Crippen LogP contribution is 2.67. The van der Waals surface area contributed by atoms with Gasteiger partial charge in [0.05, 0.1) is 5.75 Å². The molecule has 1 unspecified atom stereocenters. The van der Waals surface area contributed by atoms with Crippen molar-refractivity contribution in [2.24, 2.45) is 46.3 Å². The number of fused-ring (bicyclic) bond motifs is 5. The quantitative estimate of drug-likeness (QED) is 0.519. The SMILES string of the molecule is CC(CCC(=O)NCCS(=O)(=O)O)[C@H]1CC[C@H]2[C@@H]3C(=O)C[C@@H]4CC(=O)CC[C@]4(C)[C@H]3CC[C@]12C. The maximum Gasteiger partial charge on any atom is 0.266 e. The first kappa shape index (κ1) is 25.8. The summed E-state index contributed by atoms with van der Waals surface area (Å²) in [6, 6.07) is 0. The van der Waals surface area contributed by atoms with Crippen LogP contribution in [0.5, 0.6) is 0 Å². The molecule has 4 rings (SSSR count). The third-order valence-corrected chi connectivity index (χ3v) is 11.3. The molecular formula is C26H41NO6S. The molecule has 0 aromatic heterocycles. The van der Waals surface area contributed by atoms with Crippen molar-refractivity contribution in [2.75, 3.05) is 12.3 Å². The second-order valence-corrected chi connectivity index (χ2v) is 13.8. The van der Waals surface area contributed by atoms with Crippen LogP contribution in [0.4, 0.5) is 0 Å². The Kier molecular flexibility index (Phi) is 7.06. The monoisotopic (exact) mass is 495 g/mol. The number of hydrogen-bond donors (Lipinski definition) is 2. The highest BCUT2D eigenvalue weighted by atomic mass is 32.2. The van der Waals surface area contributed by atoms with Crippen molar-refractivity contribution in [1.29, 1.82) is 0 Å². The van der Waals surface area contributed by atoms with Gasteiger partial charge >= 0.3 is 0 Å². The average Bonchev–Trinajstić information content (AvgIpc) is 3.09. The third-order valence-electron chi connectivity index (χ3n) is 10.6. The van der Waals surface area contributed by atoms with Crippen LogP contribution in [0.1, 0.15) is 85.0 Å². The van der Waals surface area contributed by atoms with E-state index in [0.29, 0.717) is 60.9 Å². The Balaban J connectivity index is 1.40. The lowest BCUT2D eigenvalue weighted by Crippen LogP contribution is -2.57. The maximum absolute atomic E-state index is 13.5. The highest BCUT2D eigenvalue weighted by molar-refractivity contribution is 7.85. The molecule has 34 heavy (non-hydrogen) atoms. The van der Waals surface area contributed by atoms with Gasteiger partial charge in [0.15, 0.2) is 0 Å². The van der Waals surface area contributed by atoms with Gasteiger partial charge < -0.3 is 5.32 Å². The first-order valence-electron chi connectivity index (χ1n) is 13.1. The van der Waals surface area contributed by atoms with Crippen molar-refractivity contribution in [2.45, 2.75) is 85.0 Å². The second kappa shape index (κ2) is 9.30. The lowest BCUT2D eigenvalue weighted by Gasteiger charge is -2.59. The zero-order valence-corrected chi connectivity index (χ0v) is 21.7. The fourth-order valence-corrected chi connectivity index (χ4v) is 9.03. The van der Waals surface area contributed by atoms with E-state index < -0.39 is 15.9 Å². The lowest BCUT2D eigenvalue weighted by molar-refractivity contribution is -0.159. The van der Waals surface area contributed by atoms with Crippen LogP contribution < -0.4 is 5.32 Å². The van der Waals surface area contributed by atoms with E-state index in [1.165, 1.54) is 0 Å². The molecule has 0 heterocycles. The van der Waals surface area contributed by atoms with E-state index >= 15 is 0 Å². The van der Waals surface area contributed by atoms with Crippen LogP contribution in [0.25, 0.3) is 0 Å². The van der Waals surface area contributed by atoms with E-state index in [0.717, 1.165) is 38.5 Å². The number of Topliss-reactive ketones (excluding diaryl/α,β-unsaturated/α-hetero) is 2. The second-order valence-electron chi connectivity index (χ2n) is 12.2. The molecule has 7 nitrogen and oxygen atoms in total. The molecular weight excluding hydrogens is 454 g/mol. The highest BCUT2D eigenvalue weighted by Gasteiger charge is 2.63. The minimum atomic E-state index is -4.07. The van der Waals surface area contributed by atoms with Gasteiger partial charge in [0, 0.05) is 38.1 Å². The van der Waals surface area contributed by atoms with E-state index in [1.807, 2.05) is 0 Å². The summed E-state index contributed by atoms with van der Waals surface area (Å²) < 4.78 is 30.5. The molecule has 2 N–H and O–H groups in total. The Labute approximate surface area is 204 Å². The van der Waals surface area contributed by atoms with Gasteiger partial charge in [-0.05, 0) is 78.9 Å². The van der Waals surface area contributed by atoms with E-state index in [9.17, 15) is 22.8 Å². The Morgan fingerprint density at radius 2 is 1.79 bits per heavy atom. The lowest BCUT2D eigenvalue weighted by atomic mass is 9.44. The molecule has 4 fully saturated rings. The summed E-state index contributed by atoms with van der Waals surface area (Å²) in [6.45, 7) is 6.86. The van der Waals surface area contributed by atoms with Crippen LogP contribution in [-0.2, 0) is 24.5 Å². The molecule has 4 saturated carbocycles. The van der Waals surface area contributed by atoms with Crippen molar-refractivity contribution >= 4 is 27.6 Å². The molecule has 0 saturated heterocycles. The predicted molar refractivity (Wildman–Crippen MR) is 128 cm³/mol. The zero-order chi connectivity index (χ0) is 24.9. The summed E-state index contributed by atoms with van der Waals surface area (Å²) in [6.07, 6.45) is 8.14. The van der Waals surface area contributed by atoms with Gasteiger partial charge in [0.25, 0.3) is 10.1 Å². The van der Waals surface area contributed by atoms with Gasteiger partial charge in [-0.25, -0.2) is 0 Å². The van der Waals surface area contributed by atoms with Crippen LogP contribution in [0, 0.1) is 46.3 Å². The summed E-state index contributed by atoms with van der Waals surface area (Å²) in [5.74, 6) is 2.00. The standard InChI is InChI=1S/C26H41NO6S/c1-16(4-7-23(30)27-12-13-34(31,32)33)19-5-6-20-24-21(9-11-26(19,20)3)25(2)10-8-18(28)14-17(25)15-22(24)29/h16-17,19-21,24H,4-15H2,1-3H3,(H,27,30)(H,31,32,33)/t16?,17-,19+,20-,21-,24-,25-,26+/m0/s1. The third kappa shape index (κ3) is 4.73. The predicted octanol–water partition coefficient (Wildman–Crippen LogP) is 3.81. The minimum Gasteiger partial charge on any atom is -0.355 e. The van der Waals surface area contributed by atoms with Gasteiger partial charge in [0.2, 0.25) is 5.91 Å². The Morgan fingerprint density at radius 3 is 2.50 bits per heavy atom. The summed E-state index contributed by atoms with van der Waals surface area (Å²) in [7, 11) is -4.07. The van der Waals surface area contributed by atoms with E-state index in [2.05, 4.69) is 26.1 Å². The van der Waals surface area contributed by atoms with Crippen molar-refractivity contribution in [3.8, 4) is 0 Å². The van der Waals surface area contributed by atoms with E-state index in [-0.39, 0.29) is 35.1 Å². The maximum atomic E-state index is 13.5. The van der Waals surface area contributed by atoms with Gasteiger partial charge in [-0.2, -0.15) is 8.42 Å². The average molecular weight is 496 g/mol. The number of amides is 1. The first-order valence-corrected chi connectivity index (χ1v) is 14.7. The van der Waals surface area contributed by atoms with Gasteiger partial charge in [-0.15, -0.1) is 0 Å². The van der Waals surface area contributed by atoms with Crippen LogP contribution >= 0.6 is 0 Å². The van der Waals surface area contributed by atoms with Gasteiger partial charge in [-0.3, -0.25) is 18.9 Å². The number of nitrogens with one attached hydrogen (secondary N) is 1. The van der Waals surface area contributed by atoms with Gasteiger partial charge in [0.1, 0.15) is 11.6 Å². The summed E-state index contributed by atoms with van der Waals surface area (Å²) in [5.41, 5.74) is 0.211. The molecule has 192 valence electrons. The number of carbonyl (C=O) groups is 3. The molecule has 8 heteroatoms. The zero-order valence-electron chi connectivity index (χ0n) is 20.8. The topological polar surface area (TPSA) is 118 Å². The van der Waals surface area contributed by atoms with Gasteiger partial charge in [-0.1, -0.05) is 20.8 Å². The largest absolute Gasteiger partial charge is 0.355 e. The van der Waals surface area contributed by atoms with Crippen LogP contribution in [0.2, 0.25) is 0 Å². The summed E-state index contributed by atoms with van der Waals surface area (Å²) >= 11 is 0. The number of ketones is 2. The minimum absolute atomic E-state index is 0.0776. The number of rotatable bonds is 7. The molecule has 0 aromatic carbocycles. The molecule has 4 aliphatic rings. The molecule has 0 radical (unpaired) electrons. The fourth-order valence-electron chi connectivity index (χ4n) is 8.67. The van der Waals surface area contributed by atoms with Crippen LogP contribution in [0.15, 0.2) is 0 Å². The first-order chi connectivity index (χ1) is 15.8. The molecule has 0 aliphatic heterocycles. The molecule has 4 aliphatic carbocycles. The number of hydrogen-bond acceptors (Lipinski definition) is 5. The Bertz CT molecular complexity index is 947. The smallest absolute Gasteiger partial charge is 0.266 e. The molecule has 8 atom stereocenters. The van der Waals surface area contributed by atoms with Crippen molar-refractivity contribution in [3.63, 3.8) is 0 Å². The van der Waals surface area contributed by atoms with Crippen molar-refractivity contribution in [3.05, 3.63) is 0 Å². The molecule has 0 bridgehead atoms. The summed E-state index contributed by atoms with van der Waals surface area (Å²) in [5, 5.41) is 2.58. The fraction of sp³-hybridized carbons (Fsp3) is 0.885. The Hall–Kier alpha value is -1.28. The van der Waals surface area contributed by atoms with E-state index in [4.69, 9.17) is 4.55 Å². The van der Waals surface area contributed by atoms with E-state index in [1.54, 1.807) is 0 Å². The van der Waals surface area contributed by atoms with Crippen LogP contribution in [-0.4, -0.2) is 42.7 Å².